The molecule has 7 nitrogen and oxygen atoms in total. The van der Waals surface area contributed by atoms with Crippen LogP contribution in [0, 0.1) is 0 Å². The van der Waals surface area contributed by atoms with Crippen molar-refractivity contribution in [2.45, 2.75) is 19.3 Å². The van der Waals surface area contributed by atoms with Gasteiger partial charge in [0.1, 0.15) is 0 Å². The molecular formula is C15H17N5O2S. The number of H-pyrrole nitrogens is 1. The Hall–Kier alpha value is -2.06. The number of rotatable bonds is 3. The van der Waals surface area contributed by atoms with Gasteiger partial charge < -0.3 is 0 Å². The van der Waals surface area contributed by atoms with Crippen LogP contribution in [0.5, 0.6) is 0 Å². The van der Waals surface area contributed by atoms with Gasteiger partial charge in [0.15, 0.2) is 5.65 Å². The summed E-state index contributed by atoms with van der Waals surface area (Å²) in [5.41, 5.74) is 1.67. The summed E-state index contributed by atoms with van der Waals surface area (Å²) >= 11 is 0. The number of nitrogens with zero attached hydrogens (tertiary/aromatic N) is 4. The Balaban J connectivity index is 1.82. The van der Waals surface area contributed by atoms with Gasteiger partial charge in [0.2, 0.25) is 10.0 Å². The van der Waals surface area contributed by atoms with Gasteiger partial charge in [0.05, 0.1) is 11.9 Å². The van der Waals surface area contributed by atoms with Crippen LogP contribution in [0.3, 0.4) is 0 Å². The Labute approximate surface area is 133 Å². The van der Waals surface area contributed by atoms with Gasteiger partial charge in [-0.25, -0.2) is 22.7 Å². The summed E-state index contributed by atoms with van der Waals surface area (Å²) in [6.07, 6.45) is 6.04. The fraction of sp³-hybridized carbons (Fsp3) is 0.400. The van der Waals surface area contributed by atoms with Crippen molar-refractivity contribution in [1.82, 2.24) is 24.5 Å². The van der Waals surface area contributed by atoms with E-state index >= 15 is 0 Å². The highest BCUT2D eigenvalue weighted by Crippen LogP contribution is 2.34. The minimum Gasteiger partial charge on any atom is -0.282 e. The molecule has 0 amide bonds. The van der Waals surface area contributed by atoms with E-state index in [2.05, 4.69) is 20.2 Å². The van der Waals surface area contributed by atoms with Crippen LogP contribution in [0.15, 0.2) is 24.7 Å². The number of hydrogen-bond donors (Lipinski definition) is 1. The van der Waals surface area contributed by atoms with E-state index in [9.17, 15) is 8.42 Å². The molecule has 4 heterocycles. The van der Waals surface area contributed by atoms with E-state index < -0.39 is 10.0 Å². The Kier molecular flexibility index (Phi) is 3.31. The van der Waals surface area contributed by atoms with E-state index in [4.69, 9.17) is 0 Å². The first-order valence-electron chi connectivity index (χ1n) is 7.64. The molecule has 0 aromatic carbocycles. The molecule has 1 N–H and O–H groups in total. The van der Waals surface area contributed by atoms with Gasteiger partial charge in [-0.3, -0.25) is 5.10 Å². The largest absolute Gasteiger partial charge is 0.282 e. The van der Waals surface area contributed by atoms with Gasteiger partial charge in [-0.15, -0.1) is 0 Å². The molecule has 0 saturated carbocycles. The summed E-state index contributed by atoms with van der Waals surface area (Å²) < 4.78 is 25.8. The summed E-state index contributed by atoms with van der Waals surface area (Å²) in [7, 11) is -3.15. The first kappa shape index (κ1) is 14.5. The normalized spacial score (nSPS) is 19.8. The maximum absolute atomic E-state index is 12.1. The quantitative estimate of drug-likeness (QED) is 0.788. The molecule has 0 radical (unpaired) electrons. The van der Waals surface area contributed by atoms with Crippen LogP contribution in [-0.4, -0.2) is 51.7 Å². The summed E-state index contributed by atoms with van der Waals surface area (Å²) in [6, 6.07) is 1.94. The van der Waals surface area contributed by atoms with Crippen LogP contribution >= 0.6 is 0 Å². The molecule has 0 bridgehead atoms. The van der Waals surface area contributed by atoms with Crippen LogP contribution in [0.25, 0.3) is 21.8 Å². The Morgan fingerprint density at radius 3 is 3.04 bits per heavy atom. The number of fused-ring (bicyclic) bond motifs is 3. The third-order valence-electron chi connectivity index (χ3n) is 4.54. The monoisotopic (exact) mass is 331 g/mol. The average Bonchev–Trinajstić information content (AvgIpc) is 3.23. The minimum atomic E-state index is -3.15. The van der Waals surface area contributed by atoms with E-state index in [0.717, 1.165) is 28.3 Å². The van der Waals surface area contributed by atoms with Crippen molar-refractivity contribution in [3.8, 4) is 0 Å². The third-order valence-corrected chi connectivity index (χ3v) is 6.39. The average molecular weight is 331 g/mol. The number of aromatic nitrogens is 4. The maximum Gasteiger partial charge on any atom is 0.213 e. The summed E-state index contributed by atoms with van der Waals surface area (Å²) in [5, 5.41) is 10.3. The molecular weight excluding hydrogens is 314 g/mol. The van der Waals surface area contributed by atoms with Gasteiger partial charge in [-0.2, -0.15) is 5.10 Å². The summed E-state index contributed by atoms with van der Waals surface area (Å²) in [5.74, 6) is 0.242. The highest BCUT2D eigenvalue weighted by molar-refractivity contribution is 7.89. The lowest BCUT2D eigenvalue weighted by Crippen LogP contribution is -2.30. The second kappa shape index (κ2) is 5.24. The molecule has 1 saturated heterocycles. The molecule has 1 unspecified atom stereocenters. The zero-order valence-electron chi connectivity index (χ0n) is 12.7. The Morgan fingerprint density at radius 2 is 2.22 bits per heavy atom. The second-order valence-corrected chi connectivity index (χ2v) is 8.06. The van der Waals surface area contributed by atoms with Crippen molar-refractivity contribution in [1.29, 1.82) is 0 Å². The van der Waals surface area contributed by atoms with E-state index in [-0.39, 0.29) is 11.7 Å². The highest BCUT2D eigenvalue weighted by atomic mass is 32.2. The van der Waals surface area contributed by atoms with Crippen LogP contribution in [0.1, 0.15) is 25.0 Å². The van der Waals surface area contributed by atoms with E-state index in [0.29, 0.717) is 18.7 Å². The molecule has 3 aromatic rings. The lowest BCUT2D eigenvalue weighted by Gasteiger charge is -2.16. The highest BCUT2D eigenvalue weighted by Gasteiger charge is 2.32. The molecule has 8 heteroatoms. The molecule has 120 valence electrons. The smallest absolute Gasteiger partial charge is 0.213 e. The van der Waals surface area contributed by atoms with E-state index in [1.54, 1.807) is 29.8 Å². The van der Waals surface area contributed by atoms with Crippen molar-refractivity contribution in [3.63, 3.8) is 0 Å². The van der Waals surface area contributed by atoms with Crippen molar-refractivity contribution in [2.24, 2.45) is 0 Å². The van der Waals surface area contributed by atoms with Gasteiger partial charge in [-0.05, 0) is 19.4 Å². The van der Waals surface area contributed by atoms with Gasteiger partial charge in [0.25, 0.3) is 0 Å². The molecule has 1 fully saturated rings. The first-order chi connectivity index (χ1) is 11.1. The first-order valence-corrected chi connectivity index (χ1v) is 9.25. The lowest BCUT2D eigenvalue weighted by atomic mass is 9.98. The topological polar surface area (TPSA) is 91.8 Å². The second-order valence-electron chi connectivity index (χ2n) is 5.80. The van der Waals surface area contributed by atoms with Crippen LogP contribution in [0.2, 0.25) is 0 Å². The number of hydrogen-bond acceptors (Lipinski definition) is 5. The fourth-order valence-electron chi connectivity index (χ4n) is 3.30. The minimum absolute atomic E-state index is 0.105. The number of aromatic amines is 1. The molecule has 1 atom stereocenters. The Bertz CT molecular complexity index is 982. The van der Waals surface area contributed by atoms with E-state index in [1.807, 2.05) is 6.07 Å². The van der Waals surface area contributed by atoms with Crippen LogP contribution in [-0.2, 0) is 10.0 Å². The maximum atomic E-state index is 12.1. The van der Waals surface area contributed by atoms with Crippen LogP contribution in [0.4, 0.5) is 0 Å². The van der Waals surface area contributed by atoms with Gasteiger partial charge in [-0.1, -0.05) is 0 Å². The molecule has 1 aliphatic heterocycles. The van der Waals surface area contributed by atoms with Crippen molar-refractivity contribution in [2.75, 3.05) is 18.8 Å². The van der Waals surface area contributed by atoms with E-state index in [1.165, 1.54) is 0 Å². The Morgan fingerprint density at radius 1 is 1.35 bits per heavy atom. The van der Waals surface area contributed by atoms with Crippen molar-refractivity contribution >= 4 is 31.8 Å². The summed E-state index contributed by atoms with van der Waals surface area (Å²) in [6.45, 7) is 2.73. The van der Waals surface area contributed by atoms with Crippen LogP contribution < -0.4 is 0 Å². The molecule has 0 aliphatic carbocycles. The number of sulfonamides is 1. The van der Waals surface area contributed by atoms with Gasteiger partial charge in [0, 0.05) is 53.3 Å². The summed E-state index contributed by atoms with van der Waals surface area (Å²) in [4.78, 5) is 8.59. The fourth-order valence-corrected chi connectivity index (χ4v) is 4.45. The molecule has 0 spiro atoms. The zero-order chi connectivity index (χ0) is 16.0. The molecule has 23 heavy (non-hydrogen) atoms. The number of pyridine rings is 1. The number of nitrogens with one attached hydrogen (secondary N) is 1. The predicted octanol–water partition coefficient (Wildman–Crippen LogP) is 1.65. The molecule has 1 aliphatic rings. The zero-order valence-corrected chi connectivity index (χ0v) is 13.5. The lowest BCUT2D eigenvalue weighted by molar-refractivity contribution is 0.473. The van der Waals surface area contributed by atoms with Crippen molar-refractivity contribution < 1.29 is 8.42 Å². The van der Waals surface area contributed by atoms with Gasteiger partial charge >= 0.3 is 0 Å². The van der Waals surface area contributed by atoms with Crippen molar-refractivity contribution in [3.05, 3.63) is 30.4 Å². The SMILES string of the molecule is CCS(=O)(=O)N1CCC(c2[nH]ncc3cnc4nccc4c23)C1. The predicted molar refractivity (Wildman–Crippen MR) is 87.6 cm³/mol. The standard InChI is InChI=1S/C15H17N5O2S/c1-2-23(21,22)20-6-4-10(9-20)14-13-11(8-18-19-14)7-17-15-12(13)3-5-16-15/h3,5,7-8,10,19H,2,4,6,9H2,1H3. The molecule has 3 aromatic heterocycles. The third kappa shape index (κ3) is 2.29. The molecule has 4 rings (SSSR count).